The van der Waals surface area contributed by atoms with Gasteiger partial charge in [-0.3, -0.25) is 9.59 Å². The molecule has 2 aromatic rings. The summed E-state index contributed by atoms with van der Waals surface area (Å²) in [5.74, 6) is -0.779. The molecule has 1 atom stereocenters. The number of nitrogens with one attached hydrogen (secondary N) is 1. The third-order valence-corrected chi connectivity index (χ3v) is 3.96. The van der Waals surface area contributed by atoms with Crippen LogP contribution in [0.15, 0.2) is 48.5 Å². The molecule has 1 N–H and O–H groups in total. The summed E-state index contributed by atoms with van der Waals surface area (Å²) >= 11 is 0. The molecule has 6 heteroatoms. The first-order valence-corrected chi connectivity index (χ1v) is 7.58. The highest BCUT2D eigenvalue weighted by Gasteiger charge is 2.36. The Labute approximate surface area is 139 Å². The van der Waals surface area contributed by atoms with Crippen molar-refractivity contribution in [1.82, 2.24) is 0 Å². The number of hydrogen-bond donors (Lipinski definition) is 1. The van der Waals surface area contributed by atoms with Crippen LogP contribution in [-0.4, -0.2) is 25.5 Å². The number of carbonyl (C=O) groups excluding carboxylic acids is 2. The SMILES string of the molecule is COc1ccccc1N1C[C@@H](C(=O)Nc2cccc(F)c2)CC1=O. The Morgan fingerprint density at radius 1 is 1.25 bits per heavy atom. The van der Waals surface area contributed by atoms with Crippen LogP contribution in [0.5, 0.6) is 5.75 Å². The largest absolute Gasteiger partial charge is 0.495 e. The molecule has 0 aliphatic carbocycles. The van der Waals surface area contributed by atoms with Gasteiger partial charge < -0.3 is 15.0 Å². The molecule has 2 aromatic carbocycles. The summed E-state index contributed by atoms with van der Waals surface area (Å²) in [7, 11) is 1.54. The fraction of sp³-hybridized carbons (Fsp3) is 0.222. The number of methoxy groups -OCH3 is 1. The quantitative estimate of drug-likeness (QED) is 0.939. The highest BCUT2D eigenvalue weighted by atomic mass is 19.1. The molecule has 24 heavy (non-hydrogen) atoms. The van der Waals surface area contributed by atoms with E-state index in [9.17, 15) is 14.0 Å². The summed E-state index contributed by atoms with van der Waals surface area (Å²) in [6.45, 7) is 0.264. The molecule has 5 nitrogen and oxygen atoms in total. The zero-order valence-electron chi connectivity index (χ0n) is 13.2. The minimum atomic E-state index is -0.495. The van der Waals surface area contributed by atoms with E-state index in [1.807, 2.05) is 12.1 Å². The Kier molecular flexibility index (Phi) is 4.46. The van der Waals surface area contributed by atoms with Crippen molar-refractivity contribution >= 4 is 23.2 Å². The van der Waals surface area contributed by atoms with Gasteiger partial charge in [-0.15, -0.1) is 0 Å². The predicted molar refractivity (Wildman–Crippen MR) is 88.5 cm³/mol. The van der Waals surface area contributed by atoms with Crippen molar-refractivity contribution in [2.75, 3.05) is 23.9 Å². The van der Waals surface area contributed by atoms with Gasteiger partial charge in [0.05, 0.1) is 18.7 Å². The van der Waals surface area contributed by atoms with Gasteiger partial charge in [0.2, 0.25) is 11.8 Å². The van der Waals surface area contributed by atoms with Crippen LogP contribution in [-0.2, 0) is 9.59 Å². The third-order valence-electron chi connectivity index (χ3n) is 3.96. The van der Waals surface area contributed by atoms with Gasteiger partial charge in [0, 0.05) is 18.7 Å². The summed E-state index contributed by atoms with van der Waals surface area (Å²) < 4.78 is 18.5. The number of para-hydroxylation sites is 2. The second-order valence-electron chi connectivity index (χ2n) is 5.58. The van der Waals surface area contributed by atoms with E-state index in [0.29, 0.717) is 17.1 Å². The monoisotopic (exact) mass is 328 g/mol. The molecule has 124 valence electrons. The summed E-state index contributed by atoms with van der Waals surface area (Å²) in [5, 5.41) is 2.66. The van der Waals surface area contributed by atoms with Gasteiger partial charge in [0.1, 0.15) is 11.6 Å². The van der Waals surface area contributed by atoms with E-state index in [1.165, 1.54) is 25.3 Å². The van der Waals surface area contributed by atoms with Gasteiger partial charge in [-0.2, -0.15) is 0 Å². The molecular weight excluding hydrogens is 311 g/mol. The average Bonchev–Trinajstić information content (AvgIpc) is 2.96. The second kappa shape index (κ2) is 6.70. The van der Waals surface area contributed by atoms with Crippen molar-refractivity contribution in [2.24, 2.45) is 5.92 Å². The van der Waals surface area contributed by atoms with Gasteiger partial charge in [-0.1, -0.05) is 18.2 Å². The van der Waals surface area contributed by atoms with Crippen LogP contribution >= 0.6 is 0 Å². The van der Waals surface area contributed by atoms with E-state index >= 15 is 0 Å². The molecule has 0 aromatic heterocycles. The zero-order chi connectivity index (χ0) is 17.1. The molecule has 0 saturated carbocycles. The fourth-order valence-electron chi connectivity index (χ4n) is 2.78. The minimum absolute atomic E-state index is 0.110. The second-order valence-corrected chi connectivity index (χ2v) is 5.58. The van der Waals surface area contributed by atoms with Gasteiger partial charge in [-0.25, -0.2) is 4.39 Å². The smallest absolute Gasteiger partial charge is 0.229 e. The fourth-order valence-corrected chi connectivity index (χ4v) is 2.78. The average molecular weight is 328 g/mol. The molecule has 0 unspecified atom stereocenters. The number of halogens is 1. The lowest BCUT2D eigenvalue weighted by Crippen LogP contribution is -2.28. The number of anilines is 2. The number of benzene rings is 2. The van der Waals surface area contributed by atoms with Gasteiger partial charge in [0.25, 0.3) is 0 Å². The van der Waals surface area contributed by atoms with Crippen molar-refractivity contribution in [3.05, 3.63) is 54.3 Å². The van der Waals surface area contributed by atoms with E-state index in [4.69, 9.17) is 4.74 Å². The number of carbonyl (C=O) groups is 2. The van der Waals surface area contributed by atoms with Crippen molar-refractivity contribution in [2.45, 2.75) is 6.42 Å². The van der Waals surface area contributed by atoms with Gasteiger partial charge in [-0.05, 0) is 30.3 Å². The van der Waals surface area contributed by atoms with Crippen LogP contribution in [0.1, 0.15) is 6.42 Å². The zero-order valence-corrected chi connectivity index (χ0v) is 13.2. The Morgan fingerprint density at radius 2 is 2.04 bits per heavy atom. The number of hydrogen-bond acceptors (Lipinski definition) is 3. The number of amides is 2. The number of ether oxygens (including phenoxy) is 1. The first-order chi connectivity index (χ1) is 11.6. The lowest BCUT2D eigenvalue weighted by Gasteiger charge is -2.19. The third kappa shape index (κ3) is 3.22. The first-order valence-electron chi connectivity index (χ1n) is 7.58. The van der Waals surface area contributed by atoms with Crippen LogP contribution in [0.4, 0.5) is 15.8 Å². The first kappa shape index (κ1) is 16.0. The number of nitrogens with zero attached hydrogens (tertiary/aromatic N) is 1. The molecule has 1 aliphatic rings. The van der Waals surface area contributed by atoms with E-state index in [2.05, 4.69) is 5.32 Å². The van der Waals surface area contributed by atoms with E-state index in [0.717, 1.165) is 0 Å². The van der Waals surface area contributed by atoms with Crippen molar-refractivity contribution in [3.8, 4) is 5.75 Å². The molecule has 3 rings (SSSR count). The highest BCUT2D eigenvalue weighted by molar-refractivity contribution is 6.04. The topological polar surface area (TPSA) is 58.6 Å². The van der Waals surface area contributed by atoms with Crippen LogP contribution in [0.25, 0.3) is 0 Å². The molecular formula is C18H17FN2O3. The molecule has 1 aliphatic heterocycles. The lowest BCUT2D eigenvalue weighted by molar-refractivity contribution is -0.122. The molecule has 0 radical (unpaired) electrons. The Bertz CT molecular complexity index is 778. The van der Waals surface area contributed by atoms with Gasteiger partial charge >= 0.3 is 0 Å². The van der Waals surface area contributed by atoms with Crippen LogP contribution in [0.2, 0.25) is 0 Å². The summed E-state index contributed by atoms with van der Waals surface area (Å²) in [6, 6.07) is 12.8. The number of rotatable bonds is 4. The molecule has 1 fully saturated rings. The Balaban J connectivity index is 1.73. The molecule has 1 saturated heterocycles. The maximum atomic E-state index is 13.2. The van der Waals surface area contributed by atoms with E-state index in [1.54, 1.807) is 23.1 Å². The van der Waals surface area contributed by atoms with Crippen molar-refractivity contribution in [3.63, 3.8) is 0 Å². The standard InChI is InChI=1S/C18H17FN2O3/c1-24-16-8-3-2-7-15(16)21-11-12(9-17(21)22)18(23)20-14-6-4-5-13(19)10-14/h2-8,10,12H,9,11H2,1H3,(H,20,23)/t12-/m0/s1. The Hall–Kier alpha value is -2.89. The molecule has 1 heterocycles. The van der Waals surface area contributed by atoms with Crippen LogP contribution in [0, 0.1) is 11.7 Å². The van der Waals surface area contributed by atoms with Crippen molar-refractivity contribution in [1.29, 1.82) is 0 Å². The molecule has 0 bridgehead atoms. The summed E-state index contributed by atoms with van der Waals surface area (Å²) in [6.07, 6.45) is 0.110. The molecule has 0 spiro atoms. The van der Waals surface area contributed by atoms with E-state index < -0.39 is 11.7 Å². The maximum Gasteiger partial charge on any atom is 0.229 e. The minimum Gasteiger partial charge on any atom is -0.495 e. The van der Waals surface area contributed by atoms with Crippen molar-refractivity contribution < 1.29 is 18.7 Å². The summed E-state index contributed by atoms with van der Waals surface area (Å²) in [5.41, 5.74) is 1.02. The van der Waals surface area contributed by atoms with E-state index in [-0.39, 0.29) is 24.8 Å². The van der Waals surface area contributed by atoms with Gasteiger partial charge in [0.15, 0.2) is 0 Å². The van der Waals surface area contributed by atoms with Crippen LogP contribution < -0.4 is 15.0 Å². The maximum absolute atomic E-state index is 13.2. The van der Waals surface area contributed by atoms with Crippen LogP contribution in [0.3, 0.4) is 0 Å². The normalized spacial score (nSPS) is 17.0. The predicted octanol–water partition coefficient (Wildman–Crippen LogP) is 2.83. The molecule has 2 amide bonds. The Morgan fingerprint density at radius 3 is 2.79 bits per heavy atom. The highest BCUT2D eigenvalue weighted by Crippen LogP contribution is 2.33. The lowest BCUT2D eigenvalue weighted by atomic mass is 10.1. The summed E-state index contributed by atoms with van der Waals surface area (Å²) in [4.78, 5) is 26.2.